The molecule has 2 aromatic rings. The first-order valence-corrected chi connectivity index (χ1v) is 9.44. The van der Waals surface area contributed by atoms with E-state index in [9.17, 15) is 4.79 Å². The molecule has 122 valence electrons. The van der Waals surface area contributed by atoms with Crippen LogP contribution in [-0.4, -0.2) is 16.7 Å². The highest BCUT2D eigenvalue weighted by atomic mass is 127. The van der Waals surface area contributed by atoms with Crippen molar-refractivity contribution in [2.24, 2.45) is 0 Å². The van der Waals surface area contributed by atoms with Crippen LogP contribution >= 0.6 is 34.8 Å². The van der Waals surface area contributed by atoms with Crippen LogP contribution in [0.2, 0.25) is 0 Å². The highest BCUT2D eigenvalue weighted by Crippen LogP contribution is 2.41. The van der Waals surface area contributed by atoms with Gasteiger partial charge in [-0.05, 0) is 59.4 Å². The lowest BCUT2D eigenvalue weighted by molar-refractivity contribution is 0.0800. The van der Waals surface area contributed by atoms with Crippen LogP contribution in [0, 0.1) is 11.8 Å². The molecule has 0 spiro atoms. The number of carbonyl (C=O) groups is 1. The number of carbonyl (C=O) groups excluding carboxylic acids is 1. The Morgan fingerprint density at radius 2 is 2.12 bits per heavy atom. The number of halogens is 1. The van der Waals surface area contributed by atoms with Gasteiger partial charge in [-0.25, -0.2) is 9.78 Å². The third-order valence-corrected chi connectivity index (χ3v) is 5.57. The molecule has 0 fully saturated rings. The third kappa shape index (κ3) is 3.76. The minimum Gasteiger partial charge on any atom is -0.391 e. The fourth-order valence-electron chi connectivity index (χ4n) is 2.58. The smallest absolute Gasteiger partial charge is 0.349 e. The van der Waals surface area contributed by atoms with Crippen molar-refractivity contribution in [3.8, 4) is 11.8 Å². The summed E-state index contributed by atoms with van der Waals surface area (Å²) in [6.07, 6.45) is 2.66. The summed E-state index contributed by atoms with van der Waals surface area (Å²) in [6.45, 7) is 4.57. The number of aromatic nitrogens is 1. The van der Waals surface area contributed by atoms with Crippen molar-refractivity contribution in [2.45, 2.75) is 30.6 Å². The Morgan fingerprint density at radius 3 is 2.83 bits per heavy atom. The van der Waals surface area contributed by atoms with Crippen LogP contribution in [0.1, 0.15) is 47.4 Å². The van der Waals surface area contributed by atoms with Crippen molar-refractivity contribution in [3.63, 3.8) is 0 Å². The highest BCUT2D eigenvalue weighted by Gasteiger charge is 2.27. The second kappa shape index (κ2) is 7.16. The fraction of sp³-hybridized carbons (Fsp3) is 0.263. The number of nitrogens with zero attached hydrogens (tertiary/aromatic N) is 1. The van der Waals surface area contributed by atoms with Crippen LogP contribution in [0.4, 0.5) is 0 Å². The van der Waals surface area contributed by atoms with Gasteiger partial charge in [0.2, 0.25) is 0 Å². The topological polar surface area (TPSA) is 39.2 Å². The van der Waals surface area contributed by atoms with Gasteiger partial charge in [-0.2, -0.15) is 0 Å². The second-order valence-corrected chi connectivity index (χ2v) is 7.82. The SMILES string of the molecule is CC1(C)CCSc2ccc(C#Cc3ccc(C(=O)OI)cn3)cc21. The zero-order chi connectivity index (χ0) is 17.2. The Balaban J connectivity index is 1.85. The Morgan fingerprint density at radius 1 is 1.29 bits per heavy atom. The van der Waals surface area contributed by atoms with Crippen LogP contribution in [0.3, 0.4) is 0 Å². The maximum Gasteiger partial charge on any atom is 0.349 e. The van der Waals surface area contributed by atoms with Crippen molar-refractivity contribution < 1.29 is 7.86 Å². The minimum atomic E-state index is -0.406. The maximum absolute atomic E-state index is 11.4. The van der Waals surface area contributed by atoms with E-state index in [1.54, 1.807) is 35.1 Å². The number of thioether (sulfide) groups is 1. The van der Waals surface area contributed by atoms with Gasteiger partial charge in [-0.3, -0.25) is 0 Å². The summed E-state index contributed by atoms with van der Waals surface area (Å²) in [4.78, 5) is 16.9. The Labute approximate surface area is 160 Å². The normalized spacial score (nSPS) is 15.0. The quantitative estimate of drug-likeness (QED) is 0.465. The van der Waals surface area contributed by atoms with E-state index in [4.69, 9.17) is 0 Å². The minimum absolute atomic E-state index is 0.192. The second-order valence-electron chi connectivity index (χ2n) is 6.24. The molecule has 0 aliphatic carbocycles. The molecule has 24 heavy (non-hydrogen) atoms. The first-order valence-electron chi connectivity index (χ1n) is 7.58. The van der Waals surface area contributed by atoms with E-state index in [2.05, 4.69) is 51.9 Å². The first kappa shape index (κ1) is 17.3. The van der Waals surface area contributed by atoms with Gasteiger partial charge in [0.25, 0.3) is 0 Å². The molecule has 1 aromatic heterocycles. The molecular formula is C19H16INO2S. The molecule has 3 nitrogen and oxygen atoms in total. The van der Waals surface area contributed by atoms with Gasteiger partial charge < -0.3 is 3.07 Å². The number of hydrogen-bond donors (Lipinski definition) is 0. The van der Waals surface area contributed by atoms with Gasteiger partial charge in [0, 0.05) is 16.7 Å². The molecule has 5 heteroatoms. The standard InChI is InChI=1S/C19H16INO2S/c1-19(2)9-10-24-17-8-4-13(11-16(17)19)3-6-15-7-5-14(12-21-15)18(22)23-20/h4-5,7-8,11-12H,9-10H2,1-2H3. The molecule has 1 aliphatic heterocycles. The lowest BCUT2D eigenvalue weighted by atomic mass is 9.81. The number of rotatable bonds is 1. The molecule has 0 unspecified atom stereocenters. The third-order valence-electron chi connectivity index (χ3n) is 4.10. The lowest BCUT2D eigenvalue weighted by Crippen LogP contribution is -2.22. The fourth-order valence-corrected chi connectivity index (χ4v) is 4.32. The van der Waals surface area contributed by atoms with Gasteiger partial charge in [0.1, 0.15) is 5.69 Å². The maximum atomic E-state index is 11.4. The van der Waals surface area contributed by atoms with E-state index in [0.717, 1.165) is 5.56 Å². The number of hydrogen-bond acceptors (Lipinski definition) is 4. The molecule has 0 N–H and O–H groups in total. The van der Waals surface area contributed by atoms with Gasteiger partial charge in [0.15, 0.2) is 23.0 Å². The van der Waals surface area contributed by atoms with Crippen molar-refractivity contribution >= 4 is 40.7 Å². The molecule has 0 atom stereocenters. The highest BCUT2D eigenvalue weighted by molar-refractivity contribution is 14.1. The summed E-state index contributed by atoms with van der Waals surface area (Å²) in [7, 11) is 0. The average molecular weight is 449 g/mol. The first-order chi connectivity index (χ1) is 11.5. The van der Waals surface area contributed by atoms with Crippen molar-refractivity contribution in [3.05, 3.63) is 58.9 Å². The monoisotopic (exact) mass is 449 g/mol. The molecule has 0 saturated heterocycles. The molecule has 0 radical (unpaired) electrons. The van der Waals surface area contributed by atoms with Gasteiger partial charge >= 0.3 is 5.97 Å². The average Bonchev–Trinajstić information content (AvgIpc) is 2.60. The van der Waals surface area contributed by atoms with Crippen molar-refractivity contribution in [1.82, 2.24) is 4.98 Å². The molecule has 3 rings (SSSR count). The summed E-state index contributed by atoms with van der Waals surface area (Å²) < 4.78 is 4.63. The van der Waals surface area contributed by atoms with Crippen LogP contribution < -0.4 is 0 Å². The largest absolute Gasteiger partial charge is 0.391 e. The van der Waals surface area contributed by atoms with Crippen molar-refractivity contribution in [1.29, 1.82) is 0 Å². The molecule has 0 saturated carbocycles. The number of benzene rings is 1. The Hall–Kier alpha value is -1.52. The zero-order valence-electron chi connectivity index (χ0n) is 13.4. The van der Waals surface area contributed by atoms with E-state index in [0.29, 0.717) is 11.3 Å². The zero-order valence-corrected chi connectivity index (χ0v) is 16.4. The summed E-state index contributed by atoms with van der Waals surface area (Å²) in [5, 5.41) is 0. The van der Waals surface area contributed by atoms with Gasteiger partial charge in [-0.1, -0.05) is 19.8 Å². The Kier molecular flexibility index (Phi) is 5.16. The molecule has 2 heterocycles. The van der Waals surface area contributed by atoms with Gasteiger partial charge in [-0.15, -0.1) is 11.8 Å². The lowest BCUT2D eigenvalue weighted by Gasteiger charge is -2.32. The van der Waals surface area contributed by atoms with Crippen molar-refractivity contribution in [2.75, 3.05) is 5.75 Å². The molecule has 1 aromatic carbocycles. The summed E-state index contributed by atoms with van der Waals surface area (Å²) in [5.74, 6) is 6.99. The predicted molar refractivity (Wildman–Crippen MR) is 104 cm³/mol. The van der Waals surface area contributed by atoms with Crippen LogP contribution in [-0.2, 0) is 8.48 Å². The molecule has 1 aliphatic rings. The molecule has 0 bridgehead atoms. The Bertz CT molecular complexity index is 835. The van der Waals surface area contributed by atoms with E-state index in [-0.39, 0.29) is 5.41 Å². The van der Waals surface area contributed by atoms with Crippen LogP contribution in [0.25, 0.3) is 0 Å². The van der Waals surface area contributed by atoms with E-state index in [1.807, 2.05) is 11.8 Å². The molecule has 0 amide bonds. The summed E-state index contributed by atoms with van der Waals surface area (Å²) >= 11 is 3.48. The van der Waals surface area contributed by atoms with E-state index in [1.165, 1.54) is 28.8 Å². The van der Waals surface area contributed by atoms with E-state index < -0.39 is 5.97 Å². The number of pyridine rings is 1. The summed E-state index contributed by atoms with van der Waals surface area (Å²) in [5.41, 5.74) is 3.60. The predicted octanol–water partition coefficient (Wildman–Crippen LogP) is 4.76. The van der Waals surface area contributed by atoms with Crippen LogP contribution in [0.15, 0.2) is 41.4 Å². The number of fused-ring (bicyclic) bond motifs is 1. The van der Waals surface area contributed by atoms with E-state index >= 15 is 0 Å². The van der Waals surface area contributed by atoms with Gasteiger partial charge in [0.05, 0.1) is 5.56 Å². The van der Waals surface area contributed by atoms with Crippen LogP contribution in [0.5, 0.6) is 0 Å². The molecular weight excluding hydrogens is 433 g/mol. The summed E-state index contributed by atoms with van der Waals surface area (Å²) in [6, 6.07) is 9.81.